The van der Waals surface area contributed by atoms with Crippen LogP contribution in [0, 0.1) is 0 Å². The van der Waals surface area contributed by atoms with Crippen molar-refractivity contribution in [2.45, 2.75) is 38.6 Å². The third-order valence-electron chi connectivity index (χ3n) is 2.51. The second-order valence-corrected chi connectivity index (χ2v) is 3.19. The van der Waals surface area contributed by atoms with Crippen LogP contribution in [0.5, 0.6) is 0 Å². The van der Waals surface area contributed by atoms with Crippen LogP contribution in [0.25, 0.3) is 0 Å². The molecule has 1 aliphatic rings. The molecule has 1 fully saturated rings. The summed E-state index contributed by atoms with van der Waals surface area (Å²) in [5.74, 6) is -0.0787. The highest BCUT2D eigenvalue weighted by Gasteiger charge is 2.40. The molecule has 1 aliphatic heterocycles. The van der Waals surface area contributed by atoms with Crippen LogP contribution in [0.15, 0.2) is 0 Å². The molecule has 0 radical (unpaired) electrons. The lowest BCUT2D eigenvalue weighted by Crippen LogP contribution is -2.48. The van der Waals surface area contributed by atoms with Gasteiger partial charge in [0.2, 0.25) is 0 Å². The van der Waals surface area contributed by atoms with Crippen molar-refractivity contribution in [1.82, 2.24) is 5.32 Å². The molecule has 0 aromatic carbocycles. The van der Waals surface area contributed by atoms with Gasteiger partial charge in [-0.15, -0.1) is 12.4 Å². The second-order valence-electron chi connectivity index (χ2n) is 3.19. The number of carbonyl (C=O) groups excluding carboxylic acids is 1. The van der Waals surface area contributed by atoms with Gasteiger partial charge in [-0.1, -0.05) is 6.92 Å². The van der Waals surface area contributed by atoms with Gasteiger partial charge in [-0.25, -0.2) is 0 Å². The number of rotatable bonds is 3. The molecule has 0 spiro atoms. The highest BCUT2D eigenvalue weighted by Crippen LogP contribution is 2.24. The lowest BCUT2D eigenvalue weighted by atomic mass is 9.94. The molecule has 1 atom stereocenters. The molecule has 78 valence electrons. The van der Waals surface area contributed by atoms with E-state index in [0.29, 0.717) is 6.61 Å². The largest absolute Gasteiger partial charge is 0.465 e. The molecule has 1 N–H and O–H groups in total. The smallest absolute Gasteiger partial charge is 0.326 e. The summed E-state index contributed by atoms with van der Waals surface area (Å²) in [7, 11) is 0. The Morgan fingerprint density at radius 3 is 2.62 bits per heavy atom. The lowest BCUT2D eigenvalue weighted by Gasteiger charge is -2.24. The van der Waals surface area contributed by atoms with E-state index in [2.05, 4.69) is 5.32 Å². The number of carbonyl (C=O) groups is 1. The third-order valence-corrected chi connectivity index (χ3v) is 2.51. The summed E-state index contributed by atoms with van der Waals surface area (Å²) in [5, 5.41) is 3.23. The van der Waals surface area contributed by atoms with Crippen molar-refractivity contribution < 1.29 is 9.53 Å². The Morgan fingerprint density at radius 1 is 1.54 bits per heavy atom. The van der Waals surface area contributed by atoms with Gasteiger partial charge in [0.1, 0.15) is 5.54 Å². The van der Waals surface area contributed by atoms with Gasteiger partial charge < -0.3 is 10.1 Å². The predicted octanol–water partition coefficient (Wildman–Crippen LogP) is 1.50. The van der Waals surface area contributed by atoms with Crippen LogP contribution in [0.1, 0.15) is 33.1 Å². The van der Waals surface area contributed by atoms with Crippen LogP contribution in [-0.4, -0.2) is 24.7 Å². The normalized spacial score (nSPS) is 26.6. The maximum Gasteiger partial charge on any atom is 0.326 e. The maximum atomic E-state index is 11.5. The maximum absolute atomic E-state index is 11.5. The van der Waals surface area contributed by atoms with Gasteiger partial charge in [0.25, 0.3) is 0 Å². The molecule has 1 unspecified atom stereocenters. The Balaban J connectivity index is 0.00000144. The van der Waals surface area contributed by atoms with E-state index in [1.54, 1.807) is 0 Å². The van der Waals surface area contributed by atoms with Crippen LogP contribution in [0.3, 0.4) is 0 Å². The highest BCUT2D eigenvalue weighted by atomic mass is 35.5. The number of ether oxygens (including phenoxy) is 1. The number of esters is 1. The van der Waals surface area contributed by atoms with Crippen molar-refractivity contribution >= 4 is 18.4 Å². The molecule has 0 aromatic heterocycles. The first-order chi connectivity index (χ1) is 5.75. The molecule has 0 saturated carbocycles. The summed E-state index contributed by atoms with van der Waals surface area (Å²) in [5.41, 5.74) is -0.365. The number of hydrogen-bond donors (Lipinski definition) is 1. The lowest BCUT2D eigenvalue weighted by molar-refractivity contribution is -0.150. The first kappa shape index (κ1) is 12.7. The molecular formula is C9H18ClNO2. The zero-order valence-corrected chi connectivity index (χ0v) is 9.08. The Hall–Kier alpha value is -0.280. The summed E-state index contributed by atoms with van der Waals surface area (Å²) in [4.78, 5) is 11.5. The highest BCUT2D eigenvalue weighted by molar-refractivity contribution is 5.85. The van der Waals surface area contributed by atoms with Gasteiger partial charge in [-0.2, -0.15) is 0 Å². The van der Waals surface area contributed by atoms with Crippen molar-refractivity contribution in [1.29, 1.82) is 0 Å². The average Bonchev–Trinajstić information content (AvgIpc) is 2.54. The minimum absolute atomic E-state index is 0. The van der Waals surface area contributed by atoms with Gasteiger partial charge in [0.05, 0.1) is 6.61 Å². The van der Waals surface area contributed by atoms with E-state index < -0.39 is 0 Å². The van der Waals surface area contributed by atoms with E-state index in [-0.39, 0.29) is 23.9 Å². The molecule has 1 saturated heterocycles. The van der Waals surface area contributed by atoms with Crippen molar-refractivity contribution in [2.24, 2.45) is 0 Å². The van der Waals surface area contributed by atoms with E-state index in [9.17, 15) is 4.79 Å². The predicted molar refractivity (Wildman–Crippen MR) is 54.1 cm³/mol. The van der Waals surface area contributed by atoms with Crippen molar-refractivity contribution in [2.75, 3.05) is 13.2 Å². The summed E-state index contributed by atoms with van der Waals surface area (Å²) in [6, 6.07) is 0. The van der Waals surface area contributed by atoms with Crippen molar-refractivity contribution in [3.63, 3.8) is 0 Å². The Bertz CT molecular complexity index is 167. The molecule has 0 bridgehead atoms. The minimum Gasteiger partial charge on any atom is -0.465 e. The summed E-state index contributed by atoms with van der Waals surface area (Å²) < 4.78 is 5.02. The third kappa shape index (κ3) is 2.58. The van der Waals surface area contributed by atoms with Gasteiger partial charge in [0, 0.05) is 0 Å². The van der Waals surface area contributed by atoms with Crippen LogP contribution in [-0.2, 0) is 9.53 Å². The molecule has 3 nitrogen and oxygen atoms in total. The fourth-order valence-corrected chi connectivity index (χ4v) is 1.70. The number of nitrogens with one attached hydrogen (secondary N) is 1. The molecule has 13 heavy (non-hydrogen) atoms. The molecule has 4 heteroatoms. The first-order valence-electron chi connectivity index (χ1n) is 4.67. The van der Waals surface area contributed by atoms with Crippen LogP contribution in [0.2, 0.25) is 0 Å². The van der Waals surface area contributed by atoms with Crippen molar-refractivity contribution in [3.8, 4) is 0 Å². The summed E-state index contributed by atoms with van der Waals surface area (Å²) in [6.45, 7) is 5.28. The zero-order chi connectivity index (χ0) is 9.03. The molecule has 1 heterocycles. The average molecular weight is 208 g/mol. The van der Waals surface area contributed by atoms with Gasteiger partial charge in [0.15, 0.2) is 0 Å². The van der Waals surface area contributed by atoms with Crippen molar-refractivity contribution in [3.05, 3.63) is 0 Å². The Labute approximate surface area is 85.6 Å². The first-order valence-corrected chi connectivity index (χ1v) is 4.67. The number of halogens is 1. The standard InChI is InChI=1S/C9H17NO2.ClH/c1-3-9(6-5-7-10-9)8(11)12-4-2;/h10H,3-7H2,1-2H3;1H. The monoisotopic (exact) mass is 207 g/mol. The van der Waals surface area contributed by atoms with Gasteiger partial charge in [-0.05, 0) is 32.7 Å². The number of hydrogen-bond acceptors (Lipinski definition) is 3. The molecule has 0 aromatic rings. The Kier molecular flexibility index (Phi) is 5.33. The Morgan fingerprint density at radius 2 is 2.23 bits per heavy atom. The van der Waals surface area contributed by atoms with Gasteiger partial charge >= 0.3 is 5.97 Å². The molecule has 0 amide bonds. The quantitative estimate of drug-likeness (QED) is 0.713. The fourth-order valence-electron chi connectivity index (χ4n) is 1.70. The van der Waals surface area contributed by atoms with Gasteiger partial charge in [-0.3, -0.25) is 4.79 Å². The van der Waals surface area contributed by atoms with E-state index >= 15 is 0 Å². The zero-order valence-electron chi connectivity index (χ0n) is 8.26. The van der Waals surface area contributed by atoms with Crippen LogP contribution in [0.4, 0.5) is 0 Å². The van der Waals surface area contributed by atoms with Crippen LogP contribution < -0.4 is 5.32 Å². The van der Waals surface area contributed by atoms with E-state index in [1.807, 2.05) is 13.8 Å². The van der Waals surface area contributed by atoms with Crippen LogP contribution >= 0.6 is 12.4 Å². The minimum atomic E-state index is -0.365. The SMILES string of the molecule is CCOC(=O)C1(CC)CCCN1.Cl. The van der Waals surface area contributed by atoms with E-state index in [4.69, 9.17) is 4.74 Å². The van der Waals surface area contributed by atoms with E-state index in [1.165, 1.54) is 0 Å². The molecular weight excluding hydrogens is 190 g/mol. The van der Waals surface area contributed by atoms with E-state index in [0.717, 1.165) is 25.8 Å². The topological polar surface area (TPSA) is 38.3 Å². The molecule has 1 rings (SSSR count). The summed E-state index contributed by atoms with van der Waals surface area (Å²) >= 11 is 0. The molecule has 0 aliphatic carbocycles. The second kappa shape index (κ2) is 5.45. The summed E-state index contributed by atoms with van der Waals surface area (Å²) in [6.07, 6.45) is 2.82. The fraction of sp³-hybridized carbons (Fsp3) is 0.889.